The first kappa shape index (κ1) is 36.5. The first-order valence-corrected chi connectivity index (χ1v) is 15.9. The summed E-state index contributed by atoms with van der Waals surface area (Å²) < 4.78 is 31.7. The molecular weight excluding hydrogens is 653 g/mol. The Morgan fingerprint density at radius 3 is 2.48 bits per heavy atom. The van der Waals surface area contributed by atoms with E-state index in [1.165, 1.54) is 0 Å². The van der Waals surface area contributed by atoms with Crippen LogP contribution in [0.1, 0.15) is 36.8 Å². The van der Waals surface area contributed by atoms with Gasteiger partial charge in [0.1, 0.15) is 6.04 Å². The van der Waals surface area contributed by atoms with Crippen molar-refractivity contribution in [3.63, 3.8) is 0 Å². The molecule has 3 unspecified atom stereocenters. The number of piperidine rings is 1. The van der Waals surface area contributed by atoms with Gasteiger partial charge in [-0.1, -0.05) is 36.7 Å². The zero-order chi connectivity index (χ0) is 35.3. The smallest absolute Gasteiger partial charge is 0.475 e. The van der Waals surface area contributed by atoms with Crippen molar-refractivity contribution >= 4 is 52.0 Å². The van der Waals surface area contributed by atoms with Crippen LogP contribution >= 0.6 is 11.6 Å². The molecule has 1 aromatic heterocycles. The third-order valence-electron chi connectivity index (χ3n) is 8.68. The van der Waals surface area contributed by atoms with Crippen LogP contribution in [0.4, 0.5) is 23.7 Å². The van der Waals surface area contributed by atoms with Crippen molar-refractivity contribution in [3.05, 3.63) is 64.8 Å². The first-order valence-electron chi connectivity index (χ1n) is 15.5. The fraction of sp³-hybridized carbons (Fsp3) is 0.455. The number of halogens is 4. The van der Waals surface area contributed by atoms with E-state index in [1.807, 2.05) is 68.5 Å². The van der Waals surface area contributed by atoms with E-state index in [-0.39, 0.29) is 36.2 Å². The normalized spacial score (nSPS) is 19.2. The van der Waals surface area contributed by atoms with Gasteiger partial charge in [-0.2, -0.15) is 13.2 Å². The van der Waals surface area contributed by atoms with E-state index < -0.39 is 24.1 Å². The van der Waals surface area contributed by atoms with Gasteiger partial charge in [0.2, 0.25) is 11.8 Å². The van der Waals surface area contributed by atoms with E-state index in [4.69, 9.17) is 27.2 Å². The Morgan fingerprint density at radius 1 is 1.15 bits per heavy atom. The van der Waals surface area contributed by atoms with Gasteiger partial charge >= 0.3 is 18.2 Å². The summed E-state index contributed by atoms with van der Waals surface area (Å²) in [5.41, 5.74) is 9.34. The molecule has 1 fully saturated rings. The molecule has 2 aromatic carbocycles. The number of nitrogens with one attached hydrogen (secondary N) is 2. The maximum Gasteiger partial charge on any atom is 0.490 e. The van der Waals surface area contributed by atoms with Gasteiger partial charge < -0.3 is 35.8 Å². The molecule has 1 saturated heterocycles. The second-order valence-electron chi connectivity index (χ2n) is 12.6. The lowest BCUT2D eigenvalue weighted by Crippen LogP contribution is -2.57. The monoisotopic (exact) mass is 692 g/mol. The van der Waals surface area contributed by atoms with Crippen molar-refractivity contribution < 1.29 is 37.5 Å². The zero-order valence-corrected chi connectivity index (χ0v) is 27.6. The number of hydrogen-bond acceptors (Lipinski definition) is 5. The summed E-state index contributed by atoms with van der Waals surface area (Å²) >= 11 is 6.37. The van der Waals surface area contributed by atoms with Crippen molar-refractivity contribution in [2.75, 3.05) is 45.2 Å². The quantitative estimate of drug-likeness (QED) is 0.284. The van der Waals surface area contributed by atoms with Gasteiger partial charge in [0, 0.05) is 59.9 Å². The molecule has 4 amide bonds. The molecule has 260 valence electrons. The minimum atomic E-state index is -5.08. The Balaban J connectivity index is 0.000000671. The fourth-order valence-electron chi connectivity index (χ4n) is 6.40. The van der Waals surface area contributed by atoms with Crippen LogP contribution < -0.4 is 16.0 Å². The van der Waals surface area contributed by atoms with Crippen LogP contribution in [0.3, 0.4) is 0 Å². The molecule has 48 heavy (non-hydrogen) atoms. The highest BCUT2D eigenvalue weighted by atomic mass is 35.5. The van der Waals surface area contributed by atoms with Gasteiger partial charge in [0.25, 0.3) is 0 Å². The number of carboxylic acids is 1. The van der Waals surface area contributed by atoms with Crippen LogP contribution in [-0.4, -0.2) is 96.2 Å². The number of nitrogens with zero attached hydrogens (tertiary/aromatic N) is 3. The Labute approximate surface area is 281 Å². The number of aliphatic carboxylic acids is 1. The highest BCUT2D eigenvalue weighted by molar-refractivity contribution is 6.30. The number of para-hydroxylation sites is 1. The molecular formula is C33H40ClF3N6O5. The predicted molar refractivity (Wildman–Crippen MR) is 176 cm³/mol. The number of hydrogen-bond donors (Lipinski definition) is 4. The molecule has 0 saturated carbocycles. The van der Waals surface area contributed by atoms with Crippen molar-refractivity contribution in [2.24, 2.45) is 17.6 Å². The number of likely N-dealkylation sites (tertiary alicyclic amines) is 1. The Hall–Kier alpha value is -4.30. The van der Waals surface area contributed by atoms with E-state index in [2.05, 4.69) is 15.2 Å². The number of alkyl halides is 3. The van der Waals surface area contributed by atoms with Crippen LogP contribution in [-0.2, 0) is 20.8 Å². The number of benzene rings is 2. The Morgan fingerprint density at radius 2 is 1.83 bits per heavy atom. The van der Waals surface area contributed by atoms with Gasteiger partial charge in [-0.25, -0.2) is 9.59 Å². The van der Waals surface area contributed by atoms with E-state index in [0.717, 1.165) is 40.7 Å². The van der Waals surface area contributed by atoms with E-state index in [0.29, 0.717) is 31.0 Å². The molecule has 0 spiro atoms. The van der Waals surface area contributed by atoms with E-state index in [1.54, 1.807) is 11.0 Å². The van der Waals surface area contributed by atoms with E-state index >= 15 is 0 Å². The Kier molecular flexibility index (Phi) is 11.6. The summed E-state index contributed by atoms with van der Waals surface area (Å²) in [6.07, 6.45) is -1.00. The molecule has 0 aliphatic carbocycles. The third kappa shape index (κ3) is 8.78. The average Bonchev–Trinajstić information content (AvgIpc) is 3.46. The van der Waals surface area contributed by atoms with Crippen LogP contribution in [0.2, 0.25) is 5.02 Å². The van der Waals surface area contributed by atoms with Crippen molar-refractivity contribution in [1.82, 2.24) is 20.1 Å². The number of primary amides is 1. The lowest BCUT2D eigenvalue weighted by atomic mass is 9.88. The summed E-state index contributed by atoms with van der Waals surface area (Å²) in [6, 6.07) is 12.4. The molecule has 4 atom stereocenters. The molecule has 3 heterocycles. The van der Waals surface area contributed by atoms with Gasteiger partial charge in [-0.15, -0.1) is 0 Å². The number of urea groups is 1. The number of H-pyrrole nitrogens is 1. The molecule has 2 aliphatic rings. The first-order chi connectivity index (χ1) is 22.6. The summed E-state index contributed by atoms with van der Waals surface area (Å²) in [7, 11) is 4.06. The summed E-state index contributed by atoms with van der Waals surface area (Å²) in [4.78, 5) is 57.9. The summed E-state index contributed by atoms with van der Waals surface area (Å²) in [6.45, 7) is 4.08. The third-order valence-corrected chi connectivity index (χ3v) is 8.92. The molecule has 0 radical (unpaired) electrons. The van der Waals surface area contributed by atoms with Crippen molar-refractivity contribution in [2.45, 2.75) is 44.3 Å². The molecule has 5 N–H and O–H groups in total. The SMILES string of the molecule is CC(c1c[nH]c2ccccc12)C(NC(=O)N1CCCC(C(N)=O)C1)C(=O)N1C[C@@H](CN(C)C)Cc2cc(Cl)ccc21.O=C(O)C(F)(F)F. The van der Waals surface area contributed by atoms with Crippen LogP contribution in [0.5, 0.6) is 0 Å². The van der Waals surface area contributed by atoms with Gasteiger partial charge in [0.05, 0.1) is 5.92 Å². The number of aromatic nitrogens is 1. The largest absolute Gasteiger partial charge is 0.490 e. The summed E-state index contributed by atoms with van der Waals surface area (Å²) in [5, 5.41) is 11.9. The Bertz CT molecular complexity index is 1650. The van der Waals surface area contributed by atoms with Crippen molar-refractivity contribution in [3.8, 4) is 0 Å². The minimum absolute atomic E-state index is 0.174. The molecule has 0 bridgehead atoms. The average molecular weight is 693 g/mol. The number of aromatic amines is 1. The molecule has 2 aliphatic heterocycles. The minimum Gasteiger partial charge on any atom is -0.475 e. The molecule has 3 aromatic rings. The van der Waals surface area contributed by atoms with E-state index in [9.17, 15) is 27.6 Å². The number of carbonyl (C=O) groups excluding carboxylic acids is 3. The zero-order valence-electron chi connectivity index (χ0n) is 26.9. The molecule has 11 nitrogen and oxygen atoms in total. The lowest BCUT2D eigenvalue weighted by Gasteiger charge is -2.39. The van der Waals surface area contributed by atoms with Gasteiger partial charge in [0.15, 0.2) is 0 Å². The number of fused-ring (bicyclic) bond motifs is 2. The number of anilines is 1. The van der Waals surface area contributed by atoms with Gasteiger partial charge in [-0.3, -0.25) is 9.59 Å². The highest BCUT2D eigenvalue weighted by Crippen LogP contribution is 2.35. The number of rotatable bonds is 7. The standard InChI is InChI=1S/C31H39ClN6O3.C2HF3O2/c1-19(25-15-34-26-9-5-4-8-24(25)26)28(35-31(41)37-12-6-7-21(18-37)29(33)39)30(40)38-17-20(16-36(2)3)13-22-14-23(32)10-11-27(22)38;3-2(4,5)1(6)7/h4-5,8-11,14-15,19-21,28,34H,6-7,12-13,16-18H2,1-3H3,(H2,33,39)(H,35,41);(H,6,7)/t19?,20-,21?,28?;/m1./s1. The summed E-state index contributed by atoms with van der Waals surface area (Å²) in [5.74, 6) is -3.86. The van der Waals surface area contributed by atoms with Crippen LogP contribution in [0.15, 0.2) is 48.7 Å². The lowest BCUT2D eigenvalue weighted by molar-refractivity contribution is -0.192. The maximum atomic E-state index is 14.6. The van der Waals surface area contributed by atoms with Gasteiger partial charge in [-0.05, 0) is 74.7 Å². The van der Waals surface area contributed by atoms with Crippen molar-refractivity contribution in [1.29, 1.82) is 0 Å². The number of nitrogens with two attached hydrogens (primary N) is 1. The van der Waals surface area contributed by atoms with Crippen LogP contribution in [0.25, 0.3) is 10.9 Å². The second kappa shape index (κ2) is 15.3. The fourth-order valence-corrected chi connectivity index (χ4v) is 6.59. The highest BCUT2D eigenvalue weighted by Gasteiger charge is 2.39. The maximum absolute atomic E-state index is 14.6. The predicted octanol–water partition coefficient (Wildman–Crippen LogP) is 4.60. The molecule has 5 rings (SSSR count). The topological polar surface area (TPSA) is 152 Å². The second-order valence-corrected chi connectivity index (χ2v) is 13.0. The number of carboxylic acid groups (broad SMARTS) is 1. The van der Waals surface area contributed by atoms with Crippen LogP contribution in [0, 0.1) is 11.8 Å². The number of carbonyl (C=O) groups is 4. The molecule has 15 heteroatoms. The number of amides is 4.